The molecule has 0 N–H and O–H groups in total. The van der Waals surface area contributed by atoms with Crippen molar-refractivity contribution in [3.05, 3.63) is 35.7 Å². The van der Waals surface area contributed by atoms with Gasteiger partial charge in [-0.1, -0.05) is 0 Å². The van der Waals surface area contributed by atoms with Crippen LogP contribution in [0.4, 0.5) is 0 Å². The molecular formula is C20H26N3O4+. The summed E-state index contributed by atoms with van der Waals surface area (Å²) < 4.78 is 19.5. The van der Waals surface area contributed by atoms with Crippen LogP contribution in [0.25, 0.3) is 0 Å². The van der Waals surface area contributed by atoms with Crippen LogP contribution in [0, 0.1) is 0 Å². The number of carbonyl (C=O) groups excluding carboxylic acids is 1. The number of benzene rings is 1. The van der Waals surface area contributed by atoms with E-state index in [1.54, 1.807) is 18.0 Å². The first-order valence-electron chi connectivity index (χ1n) is 9.31. The Morgan fingerprint density at radius 3 is 3.00 bits per heavy atom. The highest BCUT2D eigenvalue weighted by Gasteiger charge is 2.42. The largest absolute Gasteiger partial charge is 0.492 e. The Bertz CT molecular complexity index is 845. The maximum absolute atomic E-state index is 12.8. The number of fused-ring (bicyclic) bond motifs is 2. The molecule has 0 saturated carbocycles. The van der Waals surface area contributed by atoms with Crippen molar-refractivity contribution >= 4 is 5.78 Å². The number of aromatic nitrogens is 2. The minimum absolute atomic E-state index is 0.0309. The minimum atomic E-state index is 0.0309. The summed E-state index contributed by atoms with van der Waals surface area (Å²) in [4.78, 5) is 12.8. The molecule has 3 heterocycles. The van der Waals surface area contributed by atoms with Crippen LogP contribution >= 0.6 is 0 Å². The van der Waals surface area contributed by atoms with Gasteiger partial charge in [0.2, 0.25) is 12.5 Å². The van der Waals surface area contributed by atoms with Gasteiger partial charge in [0.15, 0.2) is 11.5 Å². The molecule has 27 heavy (non-hydrogen) atoms. The van der Waals surface area contributed by atoms with Crippen LogP contribution in [0.5, 0.6) is 17.2 Å². The molecule has 1 unspecified atom stereocenters. The Morgan fingerprint density at radius 2 is 2.26 bits per heavy atom. The van der Waals surface area contributed by atoms with Crippen LogP contribution in [-0.2, 0) is 17.8 Å². The first-order chi connectivity index (χ1) is 13.0. The van der Waals surface area contributed by atoms with Gasteiger partial charge >= 0.3 is 0 Å². The molecule has 1 aromatic carbocycles. The number of Topliss-reactive ketones (excluding diaryl/α,β-unsaturated/α-hetero) is 1. The van der Waals surface area contributed by atoms with Gasteiger partial charge < -0.3 is 18.7 Å². The number of aryl methyl sites for hydroxylation is 1. The van der Waals surface area contributed by atoms with Gasteiger partial charge in [0.25, 0.3) is 0 Å². The number of likely N-dealkylation sites (N-methyl/N-ethyl adjacent to an activating group) is 1. The normalized spacial score (nSPS) is 19.6. The summed E-state index contributed by atoms with van der Waals surface area (Å²) in [5, 5.41) is 4.18. The third kappa shape index (κ3) is 3.27. The second kappa shape index (κ2) is 6.88. The first kappa shape index (κ1) is 17.9. The number of ketones is 1. The molecular weight excluding hydrogens is 346 g/mol. The van der Waals surface area contributed by atoms with Gasteiger partial charge in [0.1, 0.15) is 11.8 Å². The number of hydrogen-bond acceptors (Lipinski definition) is 5. The van der Waals surface area contributed by atoms with Gasteiger partial charge in [-0.15, -0.1) is 0 Å². The number of rotatable bonds is 6. The van der Waals surface area contributed by atoms with Crippen LogP contribution < -0.4 is 14.2 Å². The second-order valence-corrected chi connectivity index (χ2v) is 7.75. The molecule has 0 fully saturated rings. The predicted molar refractivity (Wildman–Crippen MR) is 99.0 cm³/mol. The summed E-state index contributed by atoms with van der Waals surface area (Å²) in [5.41, 5.74) is 2.28. The third-order valence-corrected chi connectivity index (χ3v) is 5.68. The fraction of sp³-hybridized carbons (Fsp3) is 0.500. The SMILES string of the molecule is COc1c2c(cc3c1C(CC(=O)CCn1cccn1)[N+](C)(C)CC3)OCO2. The minimum Gasteiger partial charge on any atom is -0.492 e. The van der Waals surface area contributed by atoms with E-state index in [-0.39, 0.29) is 18.6 Å². The Labute approximate surface area is 159 Å². The number of hydrogen-bond donors (Lipinski definition) is 0. The maximum Gasteiger partial charge on any atom is 0.231 e. The zero-order chi connectivity index (χ0) is 19.0. The second-order valence-electron chi connectivity index (χ2n) is 7.75. The van der Waals surface area contributed by atoms with Crippen molar-refractivity contribution in [2.45, 2.75) is 31.8 Å². The highest BCUT2D eigenvalue weighted by molar-refractivity contribution is 5.79. The number of carbonyl (C=O) groups is 1. The van der Waals surface area contributed by atoms with Crippen molar-refractivity contribution in [1.29, 1.82) is 0 Å². The zero-order valence-corrected chi connectivity index (χ0v) is 16.1. The van der Waals surface area contributed by atoms with E-state index in [1.807, 2.05) is 12.3 Å². The summed E-state index contributed by atoms with van der Waals surface area (Å²) in [6.45, 7) is 1.78. The Morgan fingerprint density at radius 1 is 1.41 bits per heavy atom. The van der Waals surface area contributed by atoms with E-state index in [9.17, 15) is 4.79 Å². The molecule has 0 saturated heterocycles. The molecule has 1 aromatic heterocycles. The van der Waals surface area contributed by atoms with E-state index in [2.05, 4.69) is 25.3 Å². The van der Waals surface area contributed by atoms with Crippen LogP contribution in [0.2, 0.25) is 0 Å². The molecule has 0 aliphatic carbocycles. The monoisotopic (exact) mass is 372 g/mol. The summed E-state index contributed by atoms with van der Waals surface area (Å²) in [6, 6.07) is 3.96. The Kier molecular flexibility index (Phi) is 4.55. The van der Waals surface area contributed by atoms with E-state index in [4.69, 9.17) is 14.2 Å². The molecule has 0 bridgehead atoms. The highest BCUT2D eigenvalue weighted by atomic mass is 16.7. The lowest BCUT2D eigenvalue weighted by Gasteiger charge is -2.43. The molecule has 2 aromatic rings. The summed E-state index contributed by atoms with van der Waals surface area (Å²) in [7, 11) is 6.01. The van der Waals surface area contributed by atoms with E-state index < -0.39 is 0 Å². The molecule has 7 heteroatoms. The lowest BCUT2D eigenvalue weighted by molar-refractivity contribution is -0.922. The zero-order valence-electron chi connectivity index (χ0n) is 16.1. The van der Waals surface area contributed by atoms with Gasteiger partial charge in [-0.3, -0.25) is 9.48 Å². The topological polar surface area (TPSA) is 62.6 Å². The molecule has 7 nitrogen and oxygen atoms in total. The van der Waals surface area contributed by atoms with Crippen molar-refractivity contribution in [1.82, 2.24) is 9.78 Å². The van der Waals surface area contributed by atoms with Crippen molar-refractivity contribution in [2.24, 2.45) is 0 Å². The summed E-state index contributed by atoms with van der Waals surface area (Å²) in [6.07, 6.45) is 5.48. The number of ether oxygens (including phenoxy) is 3. The fourth-order valence-electron chi connectivity index (χ4n) is 4.10. The van der Waals surface area contributed by atoms with Crippen LogP contribution in [-0.4, -0.2) is 54.6 Å². The average Bonchev–Trinajstić information content (AvgIpc) is 3.32. The first-order valence-corrected chi connectivity index (χ1v) is 9.31. The third-order valence-electron chi connectivity index (χ3n) is 5.68. The number of quaternary nitrogens is 1. The molecule has 0 spiro atoms. The molecule has 0 radical (unpaired) electrons. The fourth-order valence-corrected chi connectivity index (χ4v) is 4.10. The highest BCUT2D eigenvalue weighted by Crippen LogP contribution is 2.51. The molecule has 2 aliphatic heterocycles. The van der Waals surface area contributed by atoms with Gasteiger partial charge in [-0.05, 0) is 17.7 Å². The van der Waals surface area contributed by atoms with Gasteiger partial charge in [-0.2, -0.15) is 5.10 Å². The van der Waals surface area contributed by atoms with Crippen molar-refractivity contribution < 1.29 is 23.5 Å². The van der Waals surface area contributed by atoms with E-state index in [1.165, 1.54) is 5.56 Å². The number of nitrogens with zero attached hydrogens (tertiary/aromatic N) is 3. The van der Waals surface area contributed by atoms with E-state index in [0.29, 0.717) is 25.1 Å². The van der Waals surface area contributed by atoms with Gasteiger partial charge in [0, 0.05) is 31.8 Å². The maximum atomic E-state index is 12.8. The quantitative estimate of drug-likeness (QED) is 0.729. The van der Waals surface area contributed by atoms with E-state index in [0.717, 1.165) is 34.5 Å². The van der Waals surface area contributed by atoms with Crippen LogP contribution in [0.3, 0.4) is 0 Å². The van der Waals surface area contributed by atoms with Crippen molar-refractivity contribution in [2.75, 3.05) is 34.5 Å². The van der Waals surface area contributed by atoms with E-state index >= 15 is 0 Å². The van der Waals surface area contributed by atoms with Crippen LogP contribution in [0.1, 0.15) is 30.0 Å². The van der Waals surface area contributed by atoms with Gasteiger partial charge in [0.05, 0.1) is 39.7 Å². The average molecular weight is 372 g/mol. The smallest absolute Gasteiger partial charge is 0.231 e. The summed E-state index contributed by atoms with van der Waals surface area (Å²) >= 11 is 0. The molecule has 1 atom stereocenters. The Balaban J connectivity index is 1.63. The van der Waals surface area contributed by atoms with Crippen molar-refractivity contribution in [3.8, 4) is 17.2 Å². The Hall–Kier alpha value is -2.54. The molecule has 144 valence electrons. The summed E-state index contributed by atoms with van der Waals surface area (Å²) in [5.74, 6) is 2.35. The van der Waals surface area contributed by atoms with Crippen LogP contribution in [0.15, 0.2) is 24.5 Å². The molecule has 2 aliphatic rings. The van der Waals surface area contributed by atoms with Crippen molar-refractivity contribution in [3.63, 3.8) is 0 Å². The lowest BCUT2D eigenvalue weighted by atomic mass is 9.86. The lowest BCUT2D eigenvalue weighted by Crippen LogP contribution is -2.48. The molecule has 4 rings (SSSR count). The molecule has 0 amide bonds. The number of methoxy groups -OCH3 is 1. The predicted octanol–water partition coefficient (Wildman–Crippen LogP) is 2.34. The standard InChI is InChI=1S/C20H26N3O4/c1-23(2)10-6-14-11-17-19(27-13-26-17)20(25-3)18(14)16(23)12-15(24)5-9-22-8-4-7-21-22/h4,7-8,11,16H,5-6,9-10,12-13H2,1-3H3/q+1. The van der Waals surface area contributed by atoms with Gasteiger partial charge in [-0.25, -0.2) is 0 Å².